The molecule has 0 aliphatic carbocycles. The number of hydrogen-bond donors (Lipinski definition) is 1. The molecule has 0 atom stereocenters. The number of hydrogen-bond acceptors (Lipinski definition) is 4. The summed E-state index contributed by atoms with van der Waals surface area (Å²) in [5.41, 5.74) is 6.04. The van der Waals surface area contributed by atoms with Crippen molar-refractivity contribution in [2.75, 3.05) is 20.3 Å². The summed E-state index contributed by atoms with van der Waals surface area (Å²) in [6.07, 6.45) is 0.494. The monoisotopic (exact) mass is 227 g/mol. The van der Waals surface area contributed by atoms with Crippen LogP contribution >= 0.6 is 0 Å². The number of para-hydroxylation sites is 1. The Morgan fingerprint density at radius 3 is 2.88 bits per heavy atom. The standard InChI is InChI=1S/C11H14FNO3/c1-15-10(14)7-16-11-8(5-6-13)3-2-4-9(11)12/h2-4H,5-7,13H2,1H3. The van der Waals surface area contributed by atoms with Gasteiger partial charge in [-0.25, -0.2) is 9.18 Å². The number of benzene rings is 1. The smallest absolute Gasteiger partial charge is 0.343 e. The molecule has 5 heteroatoms. The zero-order valence-electron chi connectivity index (χ0n) is 9.03. The number of rotatable bonds is 5. The molecule has 0 radical (unpaired) electrons. The third-order valence-corrected chi connectivity index (χ3v) is 2.02. The number of nitrogens with two attached hydrogens (primary N) is 1. The van der Waals surface area contributed by atoms with Crippen LogP contribution in [0.1, 0.15) is 5.56 Å². The molecule has 0 fully saturated rings. The number of carbonyl (C=O) groups is 1. The summed E-state index contributed by atoms with van der Waals surface area (Å²) in [5, 5.41) is 0. The Balaban J connectivity index is 2.79. The second-order valence-corrected chi connectivity index (χ2v) is 3.13. The van der Waals surface area contributed by atoms with Crippen molar-refractivity contribution in [1.29, 1.82) is 0 Å². The molecule has 0 unspecified atom stereocenters. The molecule has 0 amide bonds. The molecule has 0 aromatic heterocycles. The van der Waals surface area contributed by atoms with E-state index in [0.29, 0.717) is 18.5 Å². The lowest BCUT2D eigenvalue weighted by atomic mass is 10.1. The number of carbonyl (C=O) groups excluding carboxylic acids is 1. The van der Waals surface area contributed by atoms with Crippen molar-refractivity contribution in [2.45, 2.75) is 6.42 Å². The van der Waals surface area contributed by atoms with Gasteiger partial charge in [0.25, 0.3) is 0 Å². The van der Waals surface area contributed by atoms with Gasteiger partial charge in [0.1, 0.15) is 0 Å². The molecule has 2 N–H and O–H groups in total. The van der Waals surface area contributed by atoms with Gasteiger partial charge in [-0.05, 0) is 24.6 Å². The predicted octanol–water partition coefficient (Wildman–Crippen LogP) is 0.879. The van der Waals surface area contributed by atoms with E-state index >= 15 is 0 Å². The van der Waals surface area contributed by atoms with Gasteiger partial charge in [0, 0.05) is 0 Å². The summed E-state index contributed by atoms with van der Waals surface area (Å²) >= 11 is 0. The first kappa shape index (κ1) is 12.4. The predicted molar refractivity (Wildman–Crippen MR) is 56.7 cm³/mol. The van der Waals surface area contributed by atoms with Gasteiger partial charge in [0.2, 0.25) is 0 Å². The lowest BCUT2D eigenvalue weighted by molar-refractivity contribution is -0.142. The van der Waals surface area contributed by atoms with E-state index in [1.807, 2.05) is 0 Å². The molecule has 0 aliphatic rings. The molecular formula is C11H14FNO3. The van der Waals surface area contributed by atoms with E-state index in [1.54, 1.807) is 12.1 Å². The molecule has 1 aromatic rings. The van der Waals surface area contributed by atoms with Crippen molar-refractivity contribution in [3.63, 3.8) is 0 Å². The van der Waals surface area contributed by atoms with Gasteiger partial charge in [-0.2, -0.15) is 0 Å². The van der Waals surface area contributed by atoms with Crippen LogP contribution in [0.25, 0.3) is 0 Å². The Morgan fingerprint density at radius 1 is 1.50 bits per heavy atom. The van der Waals surface area contributed by atoms with E-state index in [1.165, 1.54) is 13.2 Å². The van der Waals surface area contributed by atoms with Crippen LogP contribution in [0, 0.1) is 5.82 Å². The van der Waals surface area contributed by atoms with Crippen LogP contribution in [-0.4, -0.2) is 26.2 Å². The Labute approximate surface area is 93.2 Å². The number of halogens is 1. The van der Waals surface area contributed by atoms with Gasteiger partial charge in [0.15, 0.2) is 18.2 Å². The van der Waals surface area contributed by atoms with E-state index in [-0.39, 0.29) is 12.4 Å². The molecule has 16 heavy (non-hydrogen) atoms. The fraction of sp³-hybridized carbons (Fsp3) is 0.364. The summed E-state index contributed by atoms with van der Waals surface area (Å²) in [5.74, 6) is -0.991. The molecule has 0 bridgehead atoms. The summed E-state index contributed by atoms with van der Waals surface area (Å²) in [4.78, 5) is 10.9. The third-order valence-electron chi connectivity index (χ3n) is 2.02. The van der Waals surface area contributed by atoms with E-state index in [2.05, 4.69) is 4.74 Å². The van der Waals surface area contributed by atoms with Crippen LogP contribution in [0.5, 0.6) is 5.75 Å². The molecule has 1 rings (SSSR count). The Hall–Kier alpha value is -1.62. The van der Waals surface area contributed by atoms with Gasteiger partial charge in [-0.1, -0.05) is 12.1 Å². The summed E-state index contributed by atoms with van der Waals surface area (Å²) in [6.45, 7) is 0.0764. The first-order chi connectivity index (χ1) is 7.69. The molecule has 0 aliphatic heterocycles. The molecule has 0 spiro atoms. The lowest BCUT2D eigenvalue weighted by Crippen LogP contribution is -2.15. The Kier molecular flexibility index (Phi) is 4.72. The largest absolute Gasteiger partial charge is 0.479 e. The normalized spacial score (nSPS) is 9.94. The van der Waals surface area contributed by atoms with Crippen molar-refractivity contribution in [3.8, 4) is 5.75 Å². The summed E-state index contributed by atoms with van der Waals surface area (Å²) < 4.78 is 22.9. The maximum absolute atomic E-state index is 13.4. The SMILES string of the molecule is COC(=O)COc1c(F)cccc1CCN. The third kappa shape index (κ3) is 3.20. The van der Waals surface area contributed by atoms with E-state index in [4.69, 9.17) is 10.5 Å². The van der Waals surface area contributed by atoms with E-state index < -0.39 is 11.8 Å². The van der Waals surface area contributed by atoms with Gasteiger partial charge in [-0.15, -0.1) is 0 Å². The Morgan fingerprint density at radius 2 is 2.25 bits per heavy atom. The van der Waals surface area contributed by atoms with Gasteiger partial charge >= 0.3 is 5.97 Å². The molecule has 1 aromatic carbocycles. The number of ether oxygens (including phenoxy) is 2. The van der Waals surface area contributed by atoms with E-state index in [0.717, 1.165) is 0 Å². The quantitative estimate of drug-likeness (QED) is 0.758. The first-order valence-electron chi connectivity index (χ1n) is 4.86. The summed E-state index contributed by atoms with van der Waals surface area (Å²) in [6, 6.07) is 4.56. The minimum atomic E-state index is -0.554. The Bertz CT molecular complexity index is 368. The minimum Gasteiger partial charge on any atom is -0.479 e. The topological polar surface area (TPSA) is 61.5 Å². The maximum atomic E-state index is 13.4. The molecule has 0 saturated carbocycles. The van der Waals surface area contributed by atoms with Crippen LogP contribution in [-0.2, 0) is 16.0 Å². The fourth-order valence-electron chi connectivity index (χ4n) is 1.26. The first-order valence-corrected chi connectivity index (χ1v) is 4.86. The van der Waals surface area contributed by atoms with Crippen molar-refractivity contribution in [1.82, 2.24) is 0 Å². The average Bonchev–Trinajstić information content (AvgIpc) is 2.28. The zero-order chi connectivity index (χ0) is 12.0. The molecule has 0 heterocycles. The lowest BCUT2D eigenvalue weighted by Gasteiger charge is -2.10. The second kappa shape index (κ2) is 6.07. The zero-order valence-corrected chi connectivity index (χ0v) is 9.03. The average molecular weight is 227 g/mol. The van der Waals surface area contributed by atoms with Crippen molar-refractivity contribution in [2.24, 2.45) is 5.73 Å². The van der Waals surface area contributed by atoms with Gasteiger partial charge in [-0.3, -0.25) is 0 Å². The van der Waals surface area contributed by atoms with Crippen LogP contribution in [0.3, 0.4) is 0 Å². The van der Waals surface area contributed by atoms with Crippen LogP contribution in [0.15, 0.2) is 18.2 Å². The van der Waals surface area contributed by atoms with Crippen LogP contribution < -0.4 is 10.5 Å². The number of esters is 1. The van der Waals surface area contributed by atoms with Crippen molar-refractivity contribution < 1.29 is 18.7 Å². The van der Waals surface area contributed by atoms with Crippen molar-refractivity contribution in [3.05, 3.63) is 29.6 Å². The number of methoxy groups -OCH3 is 1. The van der Waals surface area contributed by atoms with Crippen LogP contribution in [0.4, 0.5) is 4.39 Å². The van der Waals surface area contributed by atoms with Gasteiger partial charge < -0.3 is 15.2 Å². The minimum absolute atomic E-state index is 0.0679. The fourth-order valence-corrected chi connectivity index (χ4v) is 1.26. The van der Waals surface area contributed by atoms with E-state index in [9.17, 15) is 9.18 Å². The highest BCUT2D eigenvalue weighted by Crippen LogP contribution is 2.22. The highest BCUT2D eigenvalue weighted by molar-refractivity contribution is 5.70. The highest BCUT2D eigenvalue weighted by Gasteiger charge is 2.11. The second-order valence-electron chi connectivity index (χ2n) is 3.13. The highest BCUT2D eigenvalue weighted by atomic mass is 19.1. The molecule has 0 saturated heterocycles. The van der Waals surface area contributed by atoms with Crippen LogP contribution in [0.2, 0.25) is 0 Å². The van der Waals surface area contributed by atoms with Gasteiger partial charge in [0.05, 0.1) is 7.11 Å². The molecule has 88 valence electrons. The molecular weight excluding hydrogens is 213 g/mol. The molecule has 4 nitrogen and oxygen atoms in total. The summed E-state index contributed by atoms with van der Waals surface area (Å²) in [7, 11) is 1.24. The van der Waals surface area contributed by atoms with Crippen molar-refractivity contribution >= 4 is 5.97 Å². The maximum Gasteiger partial charge on any atom is 0.343 e.